The molecule has 2 rings (SSSR count). The Labute approximate surface area is 104 Å². The highest BCUT2D eigenvalue weighted by molar-refractivity contribution is 5.95. The Balaban J connectivity index is 2.16. The van der Waals surface area contributed by atoms with Crippen LogP contribution in [0.5, 0.6) is 0 Å². The molecule has 1 aromatic heterocycles. The van der Waals surface area contributed by atoms with Crippen LogP contribution in [0.4, 0.5) is 5.95 Å². The van der Waals surface area contributed by atoms with Gasteiger partial charge in [0.2, 0.25) is 0 Å². The Hall–Kier alpha value is -1.96. The third kappa shape index (κ3) is 2.19. The molecule has 0 saturated carbocycles. The lowest BCUT2D eigenvalue weighted by molar-refractivity contribution is -0.396. The normalized spacial score (nSPS) is 16.9. The van der Waals surface area contributed by atoms with E-state index in [0.29, 0.717) is 31.6 Å². The van der Waals surface area contributed by atoms with Crippen molar-refractivity contribution >= 4 is 11.8 Å². The standard InChI is InChI=1S/C10H15N5O3/c1-13-8(6-12-10(13)15(17)18)9(11)14-4-2-7(16)3-5-14/h6-7,11,16H,2-5H2,1H3. The summed E-state index contributed by atoms with van der Waals surface area (Å²) in [6, 6.07) is 0. The Morgan fingerprint density at radius 1 is 1.61 bits per heavy atom. The average molecular weight is 253 g/mol. The zero-order valence-corrected chi connectivity index (χ0v) is 10.0. The summed E-state index contributed by atoms with van der Waals surface area (Å²) in [5.74, 6) is -0.0585. The first-order valence-corrected chi connectivity index (χ1v) is 5.68. The van der Waals surface area contributed by atoms with Crippen LogP contribution in [0.3, 0.4) is 0 Å². The Bertz CT molecular complexity index is 476. The molecule has 1 fully saturated rings. The first kappa shape index (κ1) is 12.5. The van der Waals surface area contributed by atoms with Crippen LogP contribution in [-0.4, -0.2) is 49.5 Å². The minimum absolute atomic E-state index is 0.213. The molecule has 0 aliphatic carbocycles. The van der Waals surface area contributed by atoms with Crippen LogP contribution in [0.15, 0.2) is 6.20 Å². The fourth-order valence-electron chi connectivity index (χ4n) is 2.04. The van der Waals surface area contributed by atoms with E-state index in [1.54, 1.807) is 4.90 Å². The van der Waals surface area contributed by atoms with Gasteiger partial charge in [-0.15, -0.1) is 0 Å². The molecule has 0 unspecified atom stereocenters. The van der Waals surface area contributed by atoms with E-state index in [0.717, 1.165) is 0 Å². The molecular weight excluding hydrogens is 238 g/mol. The van der Waals surface area contributed by atoms with E-state index in [2.05, 4.69) is 4.98 Å². The maximum absolute atomic E-state index is 10.7. The van der Waals surface area contributed by atoms with Crippen LogP contribution in [0.25, 0.3) is 0 Å². The highest BCUT2D eigenvalue weighted by atomic mass is 16.6. The minimum atomic E-state index is -0.573. The molecule has 0 atom stereocenters. The van der Waals surface area contributed by atoms with Gasteiger partial charge in [0.25, 0.3) is 0 Å². The largest absolute Gasteiger partial charge is 0.434 e. The number of aliphatic hydroxyl groups excluding tert-OH is 1. The molecule has 2 heterocycles. The van der Waals surface area contributed by atoms with Gasteiger partial charge in [-0.05, 0) is 17.8 Å². The quantitative estimate of drug-likeness (QED) is 0.336. The van der Waals surface area contributed by atoms with Crippen LogP contribution in [-0.2, 0) is 7.05 Å². The molecule has 2 N–H and O–H groups in total. The average Bonchev–Trinajstić information content (AvgIpc) is 2.71. The van der Waals surface area contributed by atoms with Gasteiger partial charge >= 0.3 is 5.95 Å². The van der Waals surface area contributed by atoms with E-state index < -0.39 is 4.92 Å². The second-order valence-electron chi connectivity index (χ2n) is 4.33. The summed E-state index contributed by atoms with van der Waals surface area (Å²) in [4.78, 5) is 15.6. The number of nitro groups is 1. The summed E-state index contributed by atoms with van der Waals surface area (Å²) < 4.78 is 1.30. The van der Waals surface area contributed by atoms with Gasteiger partial charge in [0, 0.05) is 13.1 Å². The molecule has 0 amide bonds. The van der Waals surface area contributed by atoms with Crippen molar-refractivity contribution in [2.24, 2.45) is 7.05 Å². The van der Waals surface area contributed by atoms with Gasteiger partial charge in [-0.3, -0.25) is 5.41 Å². The number of rotatable bonds is 2. The predicted octanol–water partition coefficient (Wildman–Crippen LogP) is 0.110. The lowest BCUT2D eigenvalue weighted by Gasteiger charge is -2.30. The van der Waals surface area contributed by atoms with Gasteiger partial charge in [0.1, 0.15) is 6.20 Å². The number of piperidine rings is 1. The van der Waals surface area contributed by atoms with Crippen molar-refractivity contribution in [2.75, 3.05) is 13.1 Å². The number of imidazole rings is 1. The van der Waals surface area contributed by atoms with E-state index in [1.807, 2.05) is 0 Å². The second kappa shape index (κ2) is 4.73. The molecule has 1 aromatic rings. The zero-order valence-electron chi connectivity index (χ0n) is 10.0. The monoisotopic (exact) mass is 253 g/mol. The molecule has 0 spiro atoms. The molecule has 0 radical (unpaired) electrons. The van der Waals surface area contributed by atoms with Crippen LogP contribution in [0.1, 0.15) is 18.5 Å². The maximum Gasteiger partial charge on any atom is 0.434 e. The third-order valence-corrected chi connectivity index (χ3v) is 3.15. The highest BCUT2D eigenvalue weighted by Gasteiger charge is 2.26. The van der Waals surface area contributed by atoms with Crippen molar-refractivity contribution in [3.05, 3.63) is 22.0 Å². The number of nitrogens with one attached hydrogen (secondary N) is 1. The summed E-state index contributed by atoms with van der Waals surface area (Å²) >= 11 is 0. The minimum Gasteiger partial charge on any atom is -0.393 e. The van der Waals surface area contributed by atoms with Crippen LogP contribution in [0.2, 0.25) is 0 Å². The fourth-order valence-corrected chi connectivity index (χ4v) is 2.04. The molecule has 8 nitrogen and oxygen atoms in total. The fraction of sp³-hybridized carbons (Fsp3) is 0.600. The van der Waals surface area contributed by atoms with Crippen molar-refractivity contribution in [2.45, 2.75) is 18.9 Å². The van der Waals surface area contributed by atoms with Gasteiger partial charge in [0.15, 0.2) is 11.5 Å². The van der Waals surface area contributed by atoms with Crippen molar-refractivity contribution in [1.82, 2.24) is 14.5 Å². The highest BCUT2D eigenvalue weighted by Crippen LogP contribution is 2.16. The molecule has 1 saturated heterocycles. The topological polar surface area (TPSA) is 108 Å². The summed E-state index contributed by atoms with van der Waals surface area (Å²) in [7, 11) is 1.52. The summed E-state index contributed by atoms with van der Waals surface area (Å²) in [5.41, 5.74) is 0.415. The molecule has 8 heteroatoms. The lowest BCUT2D eigenvalue weighted by Crippen LogP contribution is -2.40. The van der Waals surface area contributed by atoms with E-state index in [9.17, 15) is 15.2 Å². The van der Waals surface area contributed by atoms with Crippen molar-refractivity contribution in [3.63, 3.8) is 0 Å². The van der Waals surface area contributed by atoms with Crippen molar-refractivity contribution < 1.29 is 10.0 Å². The number of hydrogen-bond donors (Lipinski definition) is 2. The summed E-state index contributed by atoms with van der Waals surface area (Å²) in [6.45, 7) is 1.16. The van der Waals surface area contributed by atoms with Crippen LogP contribution >= 0.6 is 0 Å². The zero-order chi connectivity index (χ0) is 13.3. The maximum atomic E-state index is 10.7. The Kier molecular flexibility index (Phi) is 3.28. The lowest BCUT2D eigenvalue weighted by atomic mass is 10.1. The Morgan fingerprint density at radius 2 is 2.22 bits per heavy atom. The van der Waals surface area contributed by atoms with Crippen LogP contribution < -0.4 is 0 Å². The van der Waals surface area contributed by atoms with Crippen molar-refractivity contribution in [1.29, 1.82) is 5.41 Å². The van der Waals surface area contributed by atoms with Gasteiger partial charge in [-0.2, -0.15) is 0 Å². The first-order chi connectivity index (χ1) is 8.50. The van der Waals surface area contributed by atoms with Gasteiger partial charge in [-0.1, -0.05) is 4.98 Å². The van der Waals surface area contributed by atoms with E-state index in [4.69, 9.17) is 5.41 Å². The number of aliphatic hydroxyl groups is 1. The van der Waals surface area contributed by atoms with Gasteiger partial charge in [0.05, 0.1) is 13.2 Å². The van der Waals surface area contributed by atoms with E-state index in [1.165, 1.54) is 17.8 Å². The number of amidine groups is 1. The van der Waals surface area contributed by atoms with E-state index in [-0.39, 0.29) is 17.9 Å². The van der Waals surface area contributed by atoms with Crippen LogP contribution in [0, 0.1) is 15.5 Å². The second-order valence-corrected chi connectivity index (χ2v) is 4.33. The smallest absolute Gasteiger partial charge is 0.393 e. The molecule has 0 bridgehead atoms. The number of nitrogens with zero attached hydrogens (tertiary/aromatic N) is 4. The molecular formula is C10H15N5O3. The van der Waals surface area contributed by atoms with Gasteiger partial charge in [-0.25, -0.2) is 4.57 Å². The molecule has 18 heavy (non-hydrogen) atoms. The first-order valence-electron chi connectivity index (χ1n) is 5.68. The van der Waals surface area contributed by atoms with E-state index >= 15 is 0 Å². The summed E-state index contributed by atoms with van der Waals surface area (Å²) in [5, 5.41) is 28.1. The SMILES string of the molecule is Cn1c(C(=N)N2CCC(O)CC2)cnc1[N+](=O)[O-]. The number of hydrogen-bond acceptors (Lipinski definition) is 5. The molecule has 1 aliphatic heterocycles. The number of aromatic nitrogens is 2. The predicted molar refractivity (Wildman–Crippen MR) is 63.5 cm³/mol. The molecule has 0 aromatic carbocycles. The Morgan fingerprint density at radius 3 is 2.72 bits per heavy atom. The number of likely N-dealkylation sites (tertiary alicyclic amines) is 1. The van der Waals surface area contributed by atoms with Gasteiger partial charge < -0.3 is 20.1 Å². The van der Waals surface area contributed by atoms with Crippen molar-refractivity contribution in [3.8, 4) is 0 Å². The third-order valence-electron chi connectivity index (χ3n) is 3.15. The summed E-state index contributed by atoms with van der Waals surface area (Å²) in [6.07, 6.45) is 2.26. The molecule has 1 aliphatic rings. The molecule has 98 valence electrons.